The van der Waals surface area contributed by atoms with E-state index in [4.69, 9.17) is 16.3 Å². The predicted octanol–water partition coefficient (Wildman–Crippen LogP) is 4.89. The Labute approximate surface area is 200 Å². The molecule has 0 spiro atoms. The number of rotatable bonds is 9. The Morgan fingerprint density at radius 2 is 1.67 bits per heavy atom. The van der Waals surface area contributed by atoms with Gasteiger partial charge in [0.15, 0.2) is 0 Å². The van der Waals surface area contributed by atoms with Crippen molar-refractivity contribution in [3.8, 4) is 5.75 Å². The van der Waals surface area contributed by atoms with Crippen LogP contribution in [0.25, 0.3) is 5.76 Å². The van der Waals surface area contributed by atoms with Crippen molar-refractivity contribution in [2.24, 2.45) is 0 Å². The van der Waals surface area contributed by atoms with Gasteiger partial charge in [0, 0.05) is 23.7 Å². The molecule has 0 aliphatic carbocycles. The summed E-state index contributed by atoms with van der Waals surface area (Å²) < 4.78 is 5.74. The third kappa shape index (κ3) is 5.57. The number of benzene rings is 2. The van der Waals surface area contributed by atoms with Crippen LogP contribution < -0.4 is 4.74 Å². The van der Waals surface area contributed by atoms with E-state index in [9.17, 15) is 14.7 Å². The van der Waals surface area contributed by atoms with E-state index in [-0.39, 0.29) is 17.4 Å². The van der Waals surface area contributed by atoms with E-state index in [0.29, 0.717) is 29.4 Å². The van der Waals surface area contributed by atoms with Gasteiger partial charge in [-0.2, -0.15) is 0 Å². The Bertz CT molecular complexity index is 1010. The Morgan fingerprint density at radius 3 is 2.21 bits per heavy atom. The molecule has 0 saturated carbocycles. The number of carbonyl (C=O) groups excluding carboxylic acids is 2. The van der Waals surface area contributed by atoms with E-state index in [0.717, 1.165) is 18.7 Å². The van der Waals surface area contributed by atoms with Crippen LogP contribution in [0.1, 0.15) is 44.9 Å². The number of likely N-dealkylation sites (tertiary alicyclic amines) is 1. The lowest BCUT2D eigenvalue weighted by atomic mass is 9.95. The lowest BCUT2D eigenvalue weighted by molar-refractivity contribution is -0.140. The quantitative estimate of drug-likeness (QED) is 0.321. The lowest BCUT2D eigenvalue weighted by Crippen LogP contribution is -2.38. The fraction of sp³-hybridized carbons (Fsp3) is 0.385. The normalized spacial score (nSPS) is 17.9. The molecular formula is C26H31ClN2O4. The highest BCUT2D eigenvalue weighted by Crippen LogP contribution is 2.39. The third-order valence-corrected chi connectivity index (χ3v) is 6.03. The summed E-state index contributed by atoms with van der Waals surface area (Å²) in [6.07, 6.45) is 0.0282. The van der Waals surface area contributed by atoms with Crippen molar-refractivity contribution < 1.29 is 19.4 Å². The van der Waals surface area contributed by atoms with Crippen molar-refractivity contribution in [2.45, 2.75) is 39.8 Å². The number of aliphatic hydroxyl groups is 1. The van der Waals surface area contributed by atoms with Crippen molar-refractivity contribution in [1.82, 2.24) is 9.80 Å². The summed E-state index contributed by atoms with van der Waals surface area (Å²) in [7, 11) is 0. The largest absolute Gasteiger partial charge is 0.507 e. The Kier molecular flexibility index (Phi) is 8.16. The molecule has 1 aliphatic heterocycles. The molecule has 2 aromatic carbocycles. The molecule has 1 aliphatic rings. The summed E-state index contributed by atoms with van der Waals surface area (Å²) in [6, 6.07) is 13.2. The average molecular weight is 471 g/mol. The van der Waals surface area contributed by atoms with Gasteiger partial charge < -0.3 is 19.6 Å². The van der Waals surface area contributed by atoms with E-state index in [1.54, 1.807) is 29.2 Å². The maximum absolute atomic E-state index is 13.1. The fourth-order valence-electron chi connectivity index (χ4n) is 4.01. The predicted molar refractivity (Wildman–Crippen MR) is 130 cm³/mol. The molecule has 0 unspecified atom stereocenters. The van der Waals surface area contributed by atoms with Crippen LogP contribution in [0.5, 0.6) is 5.75 Å². The number of nitrogens with zero attached hydrogens (tertiary/aromatic N) is 2. The van der Waals surface area contributed by atoms with Crippen molar-refractivity contribution >= 4 is 29.1 Å². The van der Waals surface area contributed by atoms with E-state index < -0.39 is 17.7 Å². The van der Waals surface area contributed by atoms with Gasteiger partial charge in [-0.1, -0.05) is 37.6 Å². The zero-order chi connectivity index (χ0) is 24.1. The van der Waals surface area contributed by atoms with Crippen LogP contribution in [0, 0.1) is 0 Å². The second kappa shape index (κ2) is 10.9. The average Bonchev–Trinajstić information content (AvgIpc) is 3.05. The van der Waals surface area contributed by atoms with Crippen LogP contribution in [0.15, 0.2) is 54.1 Å². The highest BCUT2D eigenvalue weighted by Gasteiger charge is 2.45. The molecule has 1 N–H and O–H groups in total. The van der Waals surface area contributed by atoms with Gasteiger partial charge in [0.2, 0.25) is 0 Å². The third-order valence-electron chi connectivity index (χ3n) is 5.78. The fourth-order valence-corrected chi connectivity index (χ4v) is 4.14. The summed E-state index contributed by atoms with van der Waals surface area (Å²) >= 11 is 5.98. The molecule has 6 nitrogen and oxygen atoms in total. The number of halogens is 1. The molecule has 3 rings (SSSR count). The zero-order valence-electron chi connectivity index (χ0n) is 19.5. The highest BCUT2D eigenvalue weighted by molar-refractivity contribution is 6.46. The number of amides is 1. The van der Waals surface area contributed by atoms with Gasteiger partial charge in [-0.25, -0.2) is 0 Å². The van der Waals surface area contributed by atoms with E-state index in [2.05, 4.69) is 18.7 Å². The first-order valence-electron chi connectivity index (χ1n) is 11.3. The number of aliphatic hydroxyl groups excluding tert-OH is 1. The monoisotopic (exact) mass is 470 g/mol. The molecule has 1 heterocycles. The molecule has 1 fully saturated rings. The van der Waals surface area contributed by atoms with Gasteiger partial charge >= 0.3 is 0 Å². The molecule has 0 aromatic heterocycles. The van der Waals surface area contributed by atoms with Gasteiger partial charge in [-0.05, 0) is 68.9 Å². The standard InChI is InChI=1S/C26H31ClN2O4/c1-5-28(6-2)15-16-29-23(18-9-13-21(14-10-18)33-17(3)4)22(25(31)26(29)32)24(30)19-7-11-20(27)12-8-19/h7-14,17,23,30H,5-6,15-16H2,1-4H3/b24-22+/t23-/m0/s1. The highest BCUT2D eigenvalue weighted by atomic mass is 35.5. The van der Waals surface area contributed by atoms with Crippen LogP contribution in [0.4, 0.5) is 0 Å². The molecule has 0 bridgehead atoms. The number of hydrogen-bond acceptors (Lipinski definition) is 5. The minimum absolute atomic E-state index is 0.0282. The molecule has 33 heavy (non-hydrogen) atoms. The van der Waals surface area contributed by atoms with Crippen molar-refractivity contribution in [3.63, 3.8) is 0 Å². The van der Waals surface area contributed by atoms with Crippen molar-refractivity contribution in [1.29, 1.82) is 0 Å². The van der Waals surface area contributed by atoms with Gasteiger partial charge in [0.25, 0.3) is 11.7 Å². The first-order valence-corrected chi connectivity index (χ1v) is 11.7. The minimum Gasteiger partial charge on any atom is -0.507 e. The van der Waals surface area contributed by atoms with Crippen LogP contribution in [0.2, 0.25) is 5.02 Å². The topological polar surface area (TPSA) is 70.1 Å². The summed E-state index contributed by atoms with van der Waals surface area (Å²) in [5.41, 5.74) is 1.26. The maximum atomic E-state index is 13.1. The van der Waals surface area contributed by atoms with Gasteiger partial charge in [0.1, 0.15) is 11.5 Å². The maximum Gasteiger partial charge on any atom is 0.295 e. The second-order valence-corrected chi connectivity index (χ2v) is 8.70. The molecule has 176 valence electrons. The molecule has 7 heteroatoms. The van der Waals surface area contributed by atoms with E-state index in [1.165, 1.54) is 0 Å². The van der Waals surface area contributed by atoms with E-state index >= 15 is 0 Å². The first kappa shape index (κ1) is 24.8. The van der Waals surface area contributed by atoms with Crippen LogP contribution in [-0.4, -0.2) is 58.9 Å². The zero-order valence-corrected chi connectivity index (χ0v) is 20.3. The molecule has 2 aromatic rings. The molecule has 1 amide bonds. The Balaban J connectivity index is 2.06. The van der Waals surface area contributed by atoms with Crippen molar-refractivity contribution in [2.75, 3.05) is 26.2 Å². The van der Waals surface area contributed by atoms with Crippen molar-refractivity contribution in [3.05, 3.63) is 70.3 Å². The number of Topliss-reactive ketones (excluding diaryl/α,β-unsaturated/α-hetero) is 1. The summed E-state index contributed by atoms with van der Waals surface area (Å²) in [5, 5.41) is 11.6. The number of likely N-dealkylation sites (N-methyl/N-ethyl adjacent to an activating group) is 1. The summed E-state index contributed by atoms with van der Waals surface area (Å²) in [6.45, 7) is 10.7. The molecule has 1 atom stereocenters. The lowest BCUT2D eigenvalue weighted by Gasteiger charge is -2.28. The van der Waals surface area contributed by atoms with Crippen LogP contribution in [-0.2, 0) is 9.59 Å². The second-order valence-electron chi connectivity index (χ2n) is 8.26. The molecule has 1 saturated heterocycles. The van der Waals surface area contributed by atoms with Crippen LogP contribution in [0.3, 0.4) is 0 Å². The van der Waals surface area contributed by atoms with Gasteiger partial charge in [0.05, 0.1) is 17.7 Å². The number of ether oxygens (including phenoxy) is 1. The molecular weight excluding hydrogens is 440 g/mol. The smallest absolute Gasteiger partial charge is 0.295 e. The summed E-state index contributed by atoms with van der Waals surface area (Å²) in [4.78, 5) is 29.9. The van der Waals surface area contributed by atoms with Gasteiger partial charge in [-0.15, -0.1) is 0 Å². The van der Waals surface area contributed by atoms with Crippen LogP contribution >= 0.6 is 11.6 Å². The minimum atomic E-state index is -0.690. The Morgan fingerprint density at radius 1 is 1.06 bits per heavy atom. The number of hydrogen-bond donors (Lipinski definition) is 1. The Hall–Kier alpha value is -2.83. The number of carbonyl (C=O) groups is 2. The SMILES string of the molecule is CCN(CC)CCN1C(=O)C(=O)/C(=C(/O)c2ccc(Cl)cc2)[C@@H]1c1ccc(OC(C)C)cc1. The molecule has 0 radical (unpaired) electrons. The van der Waals surface area contributed by atoms with E-state index in [1.807, 2.05) is 38.1 Å². The van der Waals surface area contributed by atoms with Gasteiger partial charge in [-0.3, -0.25) is 9.59 Å². The summed E-state index contributed by atoms with van der Waals surface area (Å²) in [5.74, 6) is -0.797. The first-order chi connectivity index (χ1) is 15.8. The number of ketones is 1.